The van der Waals surface area contributed by atoms with E-state index in [4.69, 9.17) is 16.3 Å². The average molecular weight is 361 g/mol. The Bertz CT molecular complexity index is 720. The van der Waals surface area contributed by atoms with Crippen LogP contribution in [-0.2, 0) is 4.74 Å². The van der Waals surface area contributed by atoms with Crippen LogP contribution in [0, 0.1) is 0 Å². The first kappa shape index (κ1) is 16.3. The Morgan fingerprint density at radius 2 is 2.00 bits per heavy atom. The zero-order chi connectivity index (χ0) is 16.4. The first-order chi connectivity index (χ1) is 11.8. The standard InChI is InChI=1S/C19H21ClN2OS/c20-14-6-7-19-17(12-14)22(16-4-1-2-5-18(16)24-19)10-3-9-21-13-15-8-11-23-15/h1-2,4-7,12,15,21H,3,8-11,13H2. The minimum absolute atomic E-state index is 0.427. The van der Waals surface area contributed by atoms with E-state index in [0.29, 0.717) is 6.10 Å². The molecule has 3 nitrogen and oxygen atoms in total. The highest BCUT2D eigenvalue weighted by atomic mass is 35.5. The molecule has 1 atom stereocenters. The molecule has 2 heterocycles. The number of ether oxygens (including phenoxy) is 1. The summed E-state index contributed by atoms with van der Waals surface area (Å²) in [5.74, 6) is 0. The summed E-state index contributed by atoms with van der Waals surface area (Å²) in [6.07, 6.45) is 2.70. The van der Waals surface area contributed by atoms with Crippen molar-refractivity contribution in [2.45, 2.75) is 28.7 Å². The van der Waals surface area contributed by atoms with Crippen LogP contribution in [0.5, 0.6) is 0 Å². The number of hydrogen-bond donors (Lipinski definition) is 1. The van der Waals surface area contributed by atoms with Gasteiger partial charge in [-0.25, -0.2) is 0 Å². The lowest BCUT2D eigenvalue weighted by Crippen LogP contribution is -2.38. The van der Waals surface area contributed by atoms with Gasteiger partial charge in [0.05, 0.1) is 17.5 Å². The zero-order valence-electron chi connectivity index (χ0n) is 13.5. The van der Waals surface area contributed by atoms with E-state index in [2.05, 4.69) is 46.6 Å². The van der Waals surface area contributed by atoms with Crippen molar-refractivity contribution < 1.29 is 4.74 Å². The van der Waals surface area contributed by atoms with Crippen LogP contribution in [0.15, 0.2) is 52.3 Å². The third kappa shape index (κ3) is 3.42. The van der Waals surface area contributed by atoms with Crippen LogP contribution in [-0.4, -0.2) is 32.3 Å². The number of anilines is 2. The van der Waals surface area contributed by atoms with Gasteiger partial charge in [-0.2, -0.15) is 0 Å². The molecule has 0 aliphatic carbocycles. The monoisotopic (exact) mass is 360 g/mol. The molecule has 2 aliphatic heterocycles. The van der Waals surface area contributed by atoms with Gasteiger partial charge in [-0.05, 0) is 49.7 Å². The average Bonchev–Trinajstić information content (AvgIpc) is 2.55. The summed E-state index contributed by atoms with van der Waals surface area (Å²) in [6.45, 7) is 3.87. The first-order valence-electron chi connectivity index (χ1n) is 8.47. The number of halogens is 1. The molecule has 0 aromatic heterocycles. The Kier molecular flexibility index (Phi) is 4.99. The van der Waals surface area contributed by atoms with E-state index in [1.807, 2.05) is 17.8 Å². The van der Waals surface area contributed by atoms with Gasteiger partial charge in [0.1, 0.15) is 0 Å². The molecule has 1 saturated heterocycles. The van der Waals surface area contributed by atoms with E-state index in [9.17, 15) is 0 Å². The molecule has 0 bridgehead atoms. The number of hydrogen-bond acceptors (Lipinski definition) is 4. The van der Waals surface area contributed by atoms with Crippen molar-refractivity contribution in [3.05, 3.63) is 47.5 Å². The highest BCUT2D eigenvalue weighted by Gasteiger charge is 2.23. The number of nitrogens with zero attached hydrogens (tertiary/aromatic N) is 1. The molecular weight excluding hydrogens is 340 g/mol. The smallest absolute Gasteiger partial charge is 0.0721 e. The van der Waals surface area contributed by atoms with Crippen molar-refractivity contribution in [3.8, 4) is 0 Å². The third-order valence-electron chi connectivity index (χ3n) is 4.49. The van der Waals surface area contributed by atoms with E-state index >= 15 is 0 Å². The summed E-state index contributed by atoms with van der Waals surface area (Å²) < 4.78 is 5.44. The van der Waals surface area contributed by atoms with Gasteiger partial charge in [0.15, 0.2) is 0 Å². The molecule has 0 spiro atoms. The fraction of sp³-hybridized carbons (Fsp3) is 0.368. The minimum atomic E-state index is 0.427. The lowest BCUT2D eigenvalue weighted by molar-refractivity contribution is -0.0481. The van der Waals surface area contributed by atoms with Gasteiger partial charge in [-0.1, -0.05) is 35.5 Å². The molecule has 2 aromatic carbocycles. The van der Waals surface area contributed by atoms with Crippen molar-refractivity contribution in [2.24, 2.45) is 0 Å². The molecule has 1 unspecified atom stereocenters. The Morgan fingerprint density at radius 3 is 2.83 bits per heavy atom. The quantitative estimate of drug-likeness (QED) is 0.754. The van der Waals surface area contributed by atoms with Crippen LogP contribution < -0.4 is 10.2 Å². The lowest BCUT2D eigenvalue weighted by Gasteiger charge is -2.33. The fourth-order valence-electron chi connectivity index (χ4n) is 3.11. The Morgan fingerprint density at radius 1 is 1.17 bits per heavy atom. The number of rotatable bonds is 6. The summed E-state index contributed by atoms with van der Waals surface area (Å²) in [5, 5.41) is 4.29. The van der Waals surface area contributed by atoms with E-state index in [1.165, 1.54) is 27.6 Å². The maximum absolute atomic E-state index is 6.25. The van der Waals surface area contributed by atoms with Crippen LogP contribution in [0.25, 0.3) is 0 Å². The SMILES string of the molecule is Clc1ccc2c(c1)N(CCCNCC1CCO1)c1ccccc1S2. The molecule has 2 aliphatic rings. The van der Waals surface area contributed by atoms with Gasteiger partial charge < -0.3 is 15.0 Å². The van der Waals surface area contributed by atoms with E-state index in [1.54, 1.807) is 0 Å². The minimum Gasteiger partial charge on any atom is -0.377 e. The van der Waals surface area contributed by atoms with Gasteiger partial charge in [-0.3, -0.25) is 0 Å². The molecule has 2 aromatic rings. The molecule has 126 valence electrons. The molecule has 0 saturated carbocycles. The van der Waals surface area contributed by atoms with Crippen LogP contribution in [0.1, 0.15) is 12.8 Å². The summed E-state index contributed by atoms with van der Waals surface area (Å²) >= 11 is 8.07. The molecule has 5 heteroatoms. The number of nitrogens with one attached hydrogen (secondary N) is 1. The molecule has 0 amide bonds. The van der Waals surface area contributed by atoms with Crippen molar-refractivity contribution in [2.75, 3.05) is 31.1 Å². The second-order valence-electron chi connectivity index (χ2n) is 6.17. The number of fused-ring (bicyclic) bond motifs is 2. The zero-order valence-corrected chi connectivity index (χ0v) is 15.1. The van der Waals surface area contributed by atoms with Gasteiger partial charge in [0.25, 0.3) is 0 Å². The Balaban J connectivity index is 1.45. The maximum atomic E-state index is 6.25. The van der Waals surface area contributed by atoms with Crippen LogP contribution in [0.4, 0.5) is 11.4 Å². The molecule has 1 fully saturated rings. The second-order valence-corrected chi connectivity index (χ2v) is 7.69. The molecule has 0 radical (unpaired) electrons. The second kappa shape index (κ2) is 7.36. The first-order valence-corrected chi connectivity index (χ1v) is 9.67. The predicted octanol–water partition coefficient (Wildman–Crippen LogP) is 4.71. The van der Waals surface area contributed by atoms with E-state index in [-0.39, 0.29) is 0 Å². The van der Waals surface area contributed by atoms with Crippen LogP contribution >= 0.6 is 23.4 Å². The van der Waals surface area contributed by atoms with Crippen molar-refractivity contribution in [1.82, 2.24) is 5.32 Å². The third-order valence-corrected chi connectivity index (χ3v) is 5.85. The largest absolute Gasteiger partial charge is 0.377 e. The molecule has 1 N–H and O–H groups in total. The summed E-state index contributed by atoms with van der Waals surface area (Å²) in [7, 11) is 0. The van der Waals surface area contributed by atoms with Crippen LogP contribution in [0.2, 0.25) is 5.02 Å². The topological polar surface area (TPSA) is 24.5 Å². The summed E-state index contributed by atoms with van der Waals surface area (Å²) in [5.41, 5.74) is 2.49. The highest BCUT2D eigenvalue weighted by Crippen LogP contribution is 2.48. The van der Waals surface area contributed by atoms with Gasteiger partial charge in [0, 0.05) is 34.5 Å². The Labute approximate surface area is 152 Å². The molecule has 24 heavy (non-hydrogen) atoms. The van der Waals surface area contributed by atoms with Crippen molar-refractivity contribution in [3.63, 3.8) is 0 Å². The van der Waals surface area contributed by atoms with E-state index in [0.717, 1.165) is 37.7 Å². The van der Waals surface area contributed by atoms with Crippen LogP contribution in [0.3, 0.4) is 0 Å². The van der Waals surface area contributed by atoms with Gasteiger partial charge >= 0.3 is 0 Å². The number of benzene rings is 2. The Hall–Kier alpha value is -1.20. The fourth-order valence-corrected chi connectivity index (χ4v) is 4.36. The van der Waals surface area contributed by atoms with Crippen molar-refractivity contribution in [1.29, 1.82) is 0 Å². The van der Waals surface area contributed by atoms with Crippen molar-refractivity contribution >= 4 is 34.7 Å². The highest BCUT2D eigenvalue weighted by molar-refractivity contribution is 7.99. The normalized spacial score (nSPS) is 18.7. The molecular formula is C19H21ClN2OS. The number of para-hydroxylation sites is 1. The summed E-state index contributed by atoms with van der Waals surface area (Å²) in [6, 6.07) is 14.8. The summed E-state index contributed by atoms with van der Waals surface area (Å²) in [4.78, 5) is 4.98. The van der Waals surface area contributed by atoms with Gasteiger partial charge in [0.2, 0.25) is 0 Å². The maximum Gasteiger partial charge on any atom is 0.0721 e. The van der Waals surface area contributed by atoms with Gasteiger partial charge in [-0.15, -0.1) is 0 Å². The molecule has 4 rings (SSSR count). The van der Waals surface area contributed by atoms with E-state index < -0.39 is 0 Å². The predicted molar refractivity (Wildman–Crippen MR) is 101 cm³/mol. The lowest BCUT2D eigenvalue weighted by atomic mass is 10.2.